The zero-order chi connectivity index (χ0) is 23.7. The summed E-state index contributed by atoms with van der Waals surface area (Å²) in [5, 5.41) is 0. The first kappa shape index (κ1) is 21.8. The van der Waals surface area contributed by atoms with E-state index in [1.54, 1.807) is 19.2 Å². The van der Waals surface area contributed by atoms with Crippen LogP contribution in [0.25, 0.3) is 5.57 Å². The first-order valence-electron chi connectivity index (χ1n) is 11.5. The zero-order valence-corrected chi connectivity index (χ0v) is 19.4. The number of amides is 2. The highest BCUT2D eigenvalue weighted by Gasteiger charge is 2.43. The van der Waals surface area contributed by atoms with Crippen LogP contribution in [-0.2, 0) is 9.59 Å². The molecule has 0 atom stereocenters. The zero-order valence-electron chi connectivity index (χ0n) is 19.4. The summed E-state index contributed by atoms with van der Waals surface area (Å²) in [5.74, 6) is 0.137. The highest BCUT2D eigenvalue weighted by Crippen LogP contribution is 2.36. The fourth-order valence-corrected chi connectivity index (χ4v) is 4.65. The number of anilines is 2. The minimum Gasteiger partial charge on any atom is -0.497 e. The molecular weight excluding hydrogens is 426 g/mol. The van der Waals surface area contributed by atoms with Crippen molar-refractivity contribution in [2.24, 2.45) is 0 Å². The van der Waals surface area contributed by atoms with Crippen molar-refractivity contribution in [3.8, 4) is 5.75 Å². The Kier molecular flexibility index (Phi) is 5.80. The van der Waals surface area contributed by atoms with Crippen molar-refractivity contribution in [3.63, 3.8) is 0 Å². The molecule has 6 heteroatoms. The average molecular weight is 454 g/mol. The van der Waals surface area contributed by atoms with E-state index in [0.717, 1.165) is 13.1 Å². The second-order valence-electron chi connectivity index (χ2n) is 8.55. The molecule has 3 aromatic rings. The molecule has 0 spiro atoms. The van der Waals surface area contributed by atoms with Gasteiger partial charge >= 0.3 is 0 Å². The summed E-state index contributed by atoms with van der Waals surface area (Å²) in [6.45, 7) is 4.95. The molecule has 2 amide bonds. The SMILES string of the molecule is COc1ccc(C2=C(N3CCN(c4cccc(C)c4)CC3)C(=O)N(c3ccccc3)C2=O)cc1. The van der Waals surface area contributed by atoms with E-state index in [1.165, 1.54) is 16.2 Å². The number of benzene rings is 3. The number of carbonyl (C=O) groups is 2. The van der Waals surface area contributed by atoms with E-state index in [-0.39, 0.29) is 11.8 Å². The van der Waals surface area contributed by atoms with E-state index >= 15 is 0 Å². The van der Waals surface area contributed by atoms with Crippen LogP contribution in [-0.4, -0.2) is 50.0 Å². The van der Waals surface area contributed by atoms with E-state index in [2.05, 4.69) is 41.0 Å². The Morgan fingerprint density at radius 1 is 0.706 bits per heavy atom. The first-order valence-corrected chi connectivity index (χ1v) is 11.5. The van der Waals surface area contributed by atoms with Crippen LogP contribution in [0.1, 0.15) is 11.1 Å². The average Bonchev–Trinajstić information content (AvgIpc) is 3.14. The molecule has 2 heterocycles. The maximum absolute atomic E-state index is 13.7. The van der Waals surface area contributed by atoms with Crippen LogP contribution >= 0.6 is 0 Å². The highest BCUT2D eigenvalue weighted by atomic mass is 16.5. The molecule has 0 N–H and O–H groups in total. The molecule has 0 radical (unpaired) electrons. The van der Waals surface area contributed by atoms with Crippen LogP contribution in [0.5, 0.6) is 5.75 Å². The predicted octanol–water partition coefficient (Wildman–Crippen LogP) is 4.11. The third-order valence-corrected chi connectivity index (χ3v) is 6.42. The minimum absolute atomic E-state index is 0.272. The monoisotopic (exact) mass is 453 g/mol. The molecule has 0 bridgehead atoms. The fraction of sp³-hybridized carbons (Fsp3) is 0.214. The summed E-state index contributed by atoms with van der Waals surface area (Å²) in [6.07, 6.45) is 0. The Morgan fingerprint density at radius 3 is 2.00 bits per heavy atom. The number of aryl methyl sites for hydroxylation is 1. The molecule has 0 saturated carbocycles. The molecule has 0 aliphatic carbocycles. The first-order chi connectivity index (χ1) is 16.6. The van der Waals surface area contributed by atoms with Crippen LogP contribution in [0, 0.1) is 6.92 Å². The minimum atomic E-state index is -0.294. The lowest BCUT2D eigenvalue weighted by atomic mass is 10.0. The topological polar surface area (TPSA) is 53.1 Å². The van der Waals surface area contributed by atoms with Crippen molar-refractivity contribution < 1.29 is 14.3 Å². The molecule has 1 saturated heterocycles. The Morgan fingerprint density at radius 2 is 1.35 bits per heavy atom. The van der Waals surface area contributed by atoms with E-state index in [0.29, 0.717) is 41.4 Å². The number of hydrogen-bond acceptors (Lipinski definition) is 5. The molecular formula is C28H27N3O3. The van der Waals surface area contributed by atoms with Gasteiger partial charge < -0.3 is 14.5 Å². The predicted molar refractivity (Wildman–Crippen MR) is 134 cm³/mol. The number of nitrogens with zero attached hydrogens (tertiary/aromatic N) is 3. The maximum atomic E-state index is 13.7. The van der Waals surface area contributed by atoms with Crippen LogP contribution in [0.4, 0.5) is 11.4 Å². The summed E-state index contributed by atoms with van der Waals surface area (Å²) in [6, 6.07) is 24.9. The summed E-state index contributed by atoms with van der Waals surface area (Å²) >= 11 is 0. The molecule has 2 aliphatic rings. The lowest BCUT2D eigenvalue weighted by molar-refractivity contribution is -0.120. The van der Waals surface area contributed by atoms with Gasteiger partial charge in [0, 0.05) is 31.9 Å². The van der Waals surface area contributed by atoms with Gasteiger partial charge in [-0.3, -0.25) is 9.59 Å². The number of carbonyl (C=O) groups excluding carboxylic acids is 2. The lowest BCUT2D eigenvalue weighted by Gasteiger charge is -2.37. The second-order valence-corrected chi connectivity index (χ2v) is 8.55. The Labute approximate surface area is 199 Å². The second kappa shape index (κ2) is 9.06. The van der Waals surface area contributed by atoms with E-state index in [4.69, 9.17) is 4.74 Å². The molecule has 0 unspecified atom stereocenters. The van der Waals surface area contributed by atoms with Gasteiger partial charge in [-0.2, -0.15) is 0 Å². The van der Waals surface area contributed by atoms with Gasteiger partial charge in [0.2, 0.25) is 0 Å². The number of methoxy groups -OCH3 is 1. The molecule has 0 aromatic heterocycles. The highest BCUT2D eigenvalue weighted by molar-refractivity contribution is 6.45. The normalized spacial score (nSPS) is 16.5. The number of imide groups is 1. The van der Waals surface area contributed by atoms with Crippen molar-refractivity contribution in [2.75, 3.05) is 43.1 Å². The number of para-hydroxylation sites is 1. The van der Waals surface area contributed by atoms with Crippen molar-refractivity contribution in [1.29, 1.82) is 0 Å². The summed E-state index contributed by atoms with van der Waals surface area (Å²) in [4.78, 5) is 33.0. The van der Waals surface area contributed by atoms with E-state index in [1.807, 2.05) is 42.5 Å². The van der Waals surface area contributed by atoms with Gasteiger partial charge in [-0.15, -0.1) is 0 Å². The van der Waals surface area contributed by atoms with Crippen LogP contribution in [0.3, 0.4) is 0 Å². The summed E-state index contributed by atoms with van der Waals surface area (Å²) in [5.41, 5.74) is 4.62. The van der Waals surface area contributed by atoms with Crippen molar-refractivity contribution >= 4 is 28.8 Å². The van der Waals surface area contributed by atoms with E-state index in [9.17, 15) is 9.59 Å². The Bertz CT molecular complexity index is 1240. The Balaban J connectivity index is 1.49. The summed E-state index contributed by atoms with van der Waals surface area (Å²) in [7, 11) is 1.61. The van der Waals surface area contributed by atoms with Crippen molar-refractivity contribution in [3.05, 3.63) is 95.7 Å². The van der Waals surface area contributed by atoms with Gasteiger partial charge in [-0.25, -0.2) is 4.90 Å². The van der Waals surface area contributed by atoms with Crippen LogP contribution < -0.4 is 14.5 Å². The van der Waals surface area contributed by atoms with Gasteiger partial charge in [0.1, 0.15) is 11.4 Å². The lowest BCUT2D eigenvalue weighted by Crippen LogP contribution is -2.47. The number of rotatable bonds is 5. The number of ether oxygens (including phenoxy) is 1. The van der Waals surface area contributed by atoms with Gasteiger partial charge in [-0.1, -0.05) is 42.5 Å². The largest absolute Gasteiger partial charge is 0.497 e. The van der Waals surface area contributed by atoms with Gasteiger partial charge in [-0.05, 0) is 54.4 Å². The molecule has 172 valence electrons. The van der Waals surface area contributed by atoms with Gasteiger partial charge in [0.05, 0.1) is 18.4 Å². The molecule has 6 nitrogen and oxygen atoms in total. The van der Waals surface area contributed by atoms with Crippen LogP contribution in [0.2, 0.25) is 0 Å². The van der Waals surface area contributed by atoms with Crippen molar-refractivity contribution in [1.82, 2.24) is 4.90 Å². The molecule has 3 aromatic carbocycles. The third-order valence-electron chi connectivity index (χ3n) is 6.42. The maximum Gasteiger partial charge on any atom is 0.282 e. The standard InChI is InChI=1S/C28H27N3O3/c1-20-7-6-10-23(19-20)29-15-17-30(18-16-29)26-25(21-11-13-24(34-2)14-12-21)27(32)31(28(26)33)22-8-4-3-5-9-22/h3-14,19H,15-18H2,1-2H3. The van der Waals surface area contributed by atoms with Gasteiger partial charge in [0.15, 0.2) is 0 Å². The fourth-order valence-electron chi connectivity index (χ4n) is 4.65. The summed E-state index contributed by atoms with van der Waals surface area (Å²) < 4.78 is 5.28. The number of piperazine rings is 1. The van der Waals surface area contributed by atoms with Crippen LogP contribution in [0.15, 0.2) is 84.6 Å². The Hall–Kier alpha value is -4.06. The quantitative estimate of drug-likeness (QED) is 0.544. The van der Waals surface area contributed by atoms with E-state index < -0.39 is 0 Å². The molecule has 5 rings (SSSR count). The third kappa shape index (κ3) is 3.92. The smallest absolute Gasteiger partial charge is 0.282 e. The van der Waals surface area contributed by atoms with Gasteiger partial charge in [0.25, 0.3) is 11.8 Å². The van der Waals surface area contributed by atoms with Crippen molar-refractivity contribution in [2.45, 2.75) is 6.92 Å². The molecule has 2 aliphatic heterocycles. The molecule has 1 fully saturated rings. The number of hydrogen-bond donors (Lipinski definition) is 0. The molecule has 34 heavy (non-hydrogen) atoms.